The molecule has 5 rings (SSSR count). The number of aromatic nitrogens is 3. The van der Waals surface area contributed by atoms with Crippen molar-refractivity contribution in [3.63, 3.8) is 0 Å². The van der Waals surface area contributed by atoms with Gasteiger partial charge in [0.1, 0.15) is 0 Å². The van der Waals surface area contributed by atoms with Crippen LogP contribution in [-0.4, -0.2) is 51.2 Å². The normalized spacial score (nSPS) is 17.7. The number of benzene rings is 1. The molecule has 2 aromatic heterocycles. The Labute approximate surface area is 207 Å². The van der Waals surface area contributed by atoms with E-state index in [0.717, 1.165) is 54.3 Å². The maximum atomic E-state index is 13.3. The first kappa shape index (κ1) is 24.0. The summed E-state index contributed by atoms with van der Waals surface area (Å²) < 4.78 is 2.03. The zero-order valence-corrected chi connectivity index (χ0v) is 21.2. The number of amides is 1. The molecule has 188 valence electrons. The summed E-state index contributed by atoms with van der Waals surface area (Å²) in [6, 6.07) is 4.86. The number of H-pyrrole nitrogens is 1. The van der Waals surface area contributed by atoms with Crippen LogP contribution in [0.25, 0.3) is 21.8 Å². The summed E-state index contributed by atoms with van der Waals surface area (Å²) in [5.74, 6) is -0.0456. The van der Waals surface area contributed by atoms with Gasteiger partial charge in [-0.05, 0) is 63.3 Å². The van der Waals surface area contributed by atoms with Crippen molar-refractivity contribution < 1.29 is 4.79 Å². The van der Waals surface area contributed by atoms with Crippen molar-refractivity contribution in [1.29, 1.82) is 0 Å². The summed E-state index contributed by atoms with van der Waals surface area (Å²) in [5.41, 5.74) is 3.05. The number of nitrogens with zero attached hydrogens (tertiary/aromatic N) is 3. The number of rotatable bonds is 8. The fourth-order valence-electron chi connectivity index (χ4n) is 6.28. The van der Waals surface area contributed by atoms with Crippen molar-refractivity contribution in [3.05, 3.63) is 39.8 Å². The molecule has 0 aliphatic heterocycles. The van der Waals surface area contributed by atoms with E-state index in [1.54, 1.807) is 6.20 Å². The lowest BCUT2D eigenvalue weighted by molar-refractivity contribution is 0.0937. The van der Waals surface area contributed by atoms with Gasteiger partial charge in [0.15, 0.2) is 0 Å². The molecule has 0 saturated heterocycles. The average molecular weight is 478 g/mol. The molecule has 2 heterocycles. The lowest BCUT2D eigenvalue weighted by atomic mass is 9.94. The zero-order valence-electron chi connectivity index (χ0n) is 21.2. The van der Waals surface area contributed by atoms with Crippen LogP contribution >= 0.6 is 0 Å². The molecule has 2 aliphatic carbocycles. The highest BCUT2D eigenvalue weighted by molar-refractivity contribution is 6.07. The minimum atomic E-state index is -0.118. The van der Waals surface area contributed by atoms with Crippen molar-refractivity contribution in [2.24, 2.45) is 0 Å². The number of nitrogens with one attached hydrogen (secondary N) is 2. The highest BCUT2D eigenvalue weighted by Gasteiger charge is 2.23. The second-order valence-corrected chi connectivity index (χ2v) is 10.5. The summed E-state index contributed by atoms with van der Waals surface area (Å²) in [5, 5.41) is 9.28. The molecule has 1 amide bonds. The van der Waals surface area contributed by atoms with Crippen LogP contribution in [0.15, 0.2) is 23.1 Å². The van der Waals surface area contributed by atoms with E-state index in [9.17, 15) is 9.59 Å². The Morgan fingerprint density at radius 2 is 1.83 bits per heavy atom. The molecular formula is C28H39N5O2. The fourth-order valence-corrected chi connectivity index (χ4v) is 6.28. The van der Waals surface area contributed by atoms with E-state index < -0.39 is 0 Å². The quantitative estimate of drug-likeness (QED) is 0.474. The van der Waals surface area contributed by atoms with Crippen molar-refractivity contribution in [3.8, 4) is 0 Å². The molecule has 7 heteroatoms. The Kier molecular flexibility index (Phi) is 7.23. The first-order valence-electron chi connectivity index (χ1n) is 13.6. The predicted molar refractivity (Wildman–Crippen MR) is 141 cm³/mol. The van der Waals surface area contributed by atoms with Gasteiger partial charge in [0.2, 0.25) is 0 Å². The average Bonchev–Trinajstić information content (AvgIpc) is 3.54. The molecule has 2 saturated carbocycles. The van der Waals surface area contributed by atoms with Crippen molar-refractivity contribution in [2.75, 3.05) is 19.6 Å². The fraction of sp³-hybridized carbons (Fsp3) is 0.607. The van der Waals surface area contributed by atoms with E-state index in [-0.39, 0.29) is 11.5 Å². The van der Waals surface area contributed by atoms with Crippen LogP contribution in [0.1, 0.15) is 93.1 Å². The van der Waals surface area contributed by atoms with Gasteiger partial charge in [0.05, 0.1) is 28.7 Å². The summed E-state index contributed by atoms with van der Waals surface area (Å²) in [4.78, 5) is 31.6. The molecule has 0 bridgehead atoms. The number of carbonyl (C=O) groups excluding carboxylic acids is 1. The van der Waals surface area contributed by atoms with Crippen LogP contribution in [-0.2, 0) is 0 Å². The van der Waals surface area contributed by atoms with E-state index in [2.05, 4.69) is 27.2 Å². The second-order valence-electron chi connectivity index (χ2n) is 10.5. The van der Waals surface area contributed by atoms with Gasteiger partial charge in [-0.3, -0.25) is 19.2 Å². The summed E-state index contributed by atoms with van der Waals surface area (Å²) in [7, 11) is 0. The van der Waals surface area contributed by atoms with Crippen LogP contribution in [0.4, 0.5) is 0 Å². The van der Waals surface area contributed by atoms with Gasteiger partial charge in [-0.2, -0.15) is 5.10 Å². The zero-order chi connectivity index (χ0) is 24.4. The number of pyridine rings is 1. The van der Waals surface area contributed by atoms with Gasteiger partial charge in [0, 0.05) is 30.1 Å². The van der Waals surface area contributed by atoms with Gasteiger partial charge in [0.25, 0.3) is 11.5 Å². The minimum Gasteiger partial charge on any atom is -0.351 e. The molecule has 2 fully saturated rings. The SMILES string of the molecule is CCCN(CCNC(=O)c1cc2c(cc1C)[nH]c(=O)c1cnn(C3CCCC3)c12)C1CCCCC1. The highest BCUT2D eigenvalue weighted by atomic mass is 16.1. The van der Waals surface area contributed by atoms with E-state index in [1.807, 2.05) is 23.7 Å². The summed E-state index contributed by atoms with van der Waals surface area (Å²) >= 11 is 0. The third-order valence-corrected chi connectivity index (χ3v) is 8.11. The molecular weight excluding hydrogens is 438 g/mol. The number of aromatic amines is 1. The van der Waals surface area contributed by atoms with Crippen molar-refractivity contribution in [2.45, 2.75) is 90.1 Å². The molecule has 0 unspecified atom stereocenters. The largest absolute Gasteiger partial charge is 0.351 e. The number of hydrogen-bond donors (Lipinski definition) is 2. The Morgan fingerprint density at radius 3 is 2.57 bits per heavy atom. The maximum Gasteiger partial charge on any atom is 0.259 e. The number of fused-ring (bicyclic) bond motifs is 3. The molecule has 0 spiro atoms. The molecule has 1 aromatic carbocycles. The lowest BCUT2D eigenvalue weighted by Crippen LogP contribution is -2.42. The highest BCUT2D eigenvalue weighted by Crippen LogP contribution is 2.33. The van der Waals surface area contributed by atoms with Crippen LogP contribution in [0.3, 0.4) is 0 Å². The van der Waals surface area contributed by atoms with E-state index in [0.29, 0.717) is 29.6 Å². The van der Waals surface area contributed by atoms with Gasteiger partial charge in [-0.15, -0.1) is 0 Å². The molecule has 0 atom stereocenters. The van der Waals surface area contributed by atoms with Crippen molar-refractivity contribution in [1.82, 2.24) is 25.0 Å². The van der Waals surface area contributed by atoms with Crippen LogP contribution in [0.5, 0.6) is 0 Å². The Balaban J connectivity index is 1.39. The molecule has 3 aromatic rings. The lowest BCUT2D eigenvalue weighted by Gasteiger charge is -2.34. The van der Waals surface area contributed by atoms with E-state index in [4.69, 9.17) is 0 Å². The van der Waals surface area contributed by atoms with Gasteiger partial charge in [-0.25, -0.2) is 0 Å². The number of aryl methyl sites for hydroxylation is 1. The predicted octanol–water partition coefficient (Wildman–Crippen LogP) is 5.08. The topological polar surface area (TPSA) is 83.0 Å². The van der Waals surface area contributed by atoms with Crippen LogP contribution < -0.4 is 10.9 Å². The Bertz CT molecular complexity index is 1250. The first-order chi connectivity index (χ1) is 17.1. The molecule has 0 radical (unpaired) electrons. The van der Waals surface area contributed by atoms with Gasteiger partial charge in [-0.1, -0.05) is 39.0 Å². The summed E-state index contributed by atoms with van der Waals surface area (Å²) in [6.45, 7) is 6.80. The number of carbonyl (C=O) groups is 1. The maximum absolute atomic E-state index is 13.3. The van der Waals surface area contributed by atoms with E-state index in [1.165, 1.54) is 44.9 Å². The summed E-state index contributed by atoms with van der Waals surface area (Å²) in [6.07, 6.45) is 13.9. The smallest absolute Gasteiger partial charge is 0.259 e. The molecule has 2 aliphatic rings. The number of hydrogen-bond acceptors (Lipinski definition) is 4. The van der Waals surface area contributed by atoms with Crippen LogP contribution in [0, 0.1) is 6.92 Å². The Morgan fingerprint density at radius 1 is 1.09 bits per heavy atom. The second kappa shape index (κ2) is 10.5. The standard InChI is InChI=1S/C28H39N5O2/c1-3-14-32(20-9-5-4-6-10-20)15-13-29-27(34)22-17-23-25(16-19(22)2)31-28(35)24-18-30-33(26(23)24)21-11-7-8-12-21/h16-18,20-21H,3-15H2,1-2H3,(H,29,34)(H,31,35). The first-order valence-corrected chi connectivity index (χ1v) is 13.6. The van der Waals surface area contributed by atoms with E-state index >= 15 is 0 Å². The monoisotopic (exact) mass is 477 g/mol. The van der Waals surface area contributed by atoms with Crippen LogP contribution in [0.2, 0.25) is 0 Å². The van der Waals surface area contributed by atoms with Gasteiger partial charge < -0.3 is 10.3 Å². The van der Waals surface area contributed by atoms with Crippen molar-refractivity contribution >= 4 is 27.7 Å². The third kappa shape index (κ3) is 4.88. The Hall–Kier alpha value is -2.67. The van der Waals surface area contributed by atoms with Gasteiger partial charge >= 0.3 is 0 Å². The molecule has 35 heavy (non-hydrogen) atoms. The molecule has 2 N–H and O–H groups in total. The third-order valence-electron chi connectivity index (χ3n) is 8.11. The minimum absolute atomic E-state index is 0.0456. The molecule has 7 nitrogen and oxygen atoms in total.